The van der Waals surface area contributed by atoms with E-state index >= 15 is 0 Å². The fraction of sp³-hybridized carbons (Fsp3) is 0.316. The Bertz CT molecular complexity index is 995. The van der Waals surface area contributed by atoms with Gasteiger partial charge >= 0.3 is 0 Å². The number of aromatic nitrogens is 5. The molecule has 0 amide bonds. The van der Waals surface area contributed by atoms with Gasteiger partial charge < -0.3 is 4.98 Å². The number of hydrogen-bond acceptors (Lipinski definition) is 4. The Morgan fingerprint density at radius 3 is 2.76 bits per heavy atom. The van der Waals surface area contributed by atoms with Gasteiger partial charge in [0.1, 0.15) is 16.7 Å². The minimum absolute atomic E-state index is 0.400. The summed E-state index contributed by atoms with van der Waals surface area (Å²) in [6.45, 7) is 3.20. The minimum atomic E-state index is 0.400. The molecule has 4 heterocycles. The Morgan fingerprint density at radius 2 is 1.92 bits per heavy atom. The molecule has 6 heteroatoms. The van der Waals surface area contributed by atoms with Crippen LogP contribution in [0.1, 0.15) is 24.4 Å². The number of fused-ring (bicyclic) bond motifs is 3. The van der Waals surface area contributed by atoms with Gasteiger partial charge in [-0.2, -0.15) is 0 Å². The van der Waals surface area contributed by atoms with Gasteiger partial charge in [-0.05, 0) is 24.5 Å². The number of rotatable bonds is 3. The van der Waals surface area contributed by atoms with E-state index in [1.54, 1.807) is 0 Å². The van der Waals surface area contributed by atoms with Crippen molar-refractivity contribution in [2.24, 2.45) is 0 Å². The molecule has 0 bridgehead atoms. The van der Waals surface area contributed by atoms with Crippen molar-refractivity contribution in [1.29, 1.82) is 0 Å². The lowest BCUT2D eigenvalue weighted by Crippen LogP contribution is -2.34. The number of nitrogens with one attached hydrogen (secondary N) is 1. The molecule has 0 saturated carbocycles. The van der Waals surface area contributed by atoms with Gasteiger partial charge in [-0.15, -0.1) is 5.10 Å². The first-order valence-electron chi connectivity index (χ1n) is 8.82. The highest BCUT2D eigenvalue weighted by Gasteiger charge is 2.24. The third-order valence-electron chi connectivity index (χ3n) is 5.17. The number of aromatic amines is 1. The van der Waals surface area contributed by atoms with Crippen molar-refractivity contribution in [2.75, 3.05) is 13.1 Å². The van der Waals surface area contributed by atoms with Crippen LogP contribution in [-0.2, 0) is 6.54 Å². The average Bonchev–Trinajstić information content (AvgIpc) is 3.29. The molecule has 3 aromatic heterocycles. The van der Waals surface area contributed by atoms with Crippen LogP contribution in [0, 0.1) is 0 Å². The standard InChI is InChI=1S/C19H20N6/c1-2-4-14(5-3-1)13-24-10-7-15(8-11-24)25-18-16-6-9-20-19(16)21-12-17(18)22-23-25/h1-6,9,12,15H,7-8,10-11,13H2,(H,20,21). The lowest BCUT2D eigenvalue weighted by Gasteiger charge is -2.32. The highest BCUT2D eigenvalue weighted by molar-refractivity contribution is 6.00. The summed E-state index contributed by atoms with van der Waals surface area (Å²) < 4.78 is 2.12. The molecule has 5 rings (SSSR count). The molecule has 1 aliphatic heterocycles. The zero-order valence-electron chi connectivity index (χ0n) is 14.0. The van der Waals surface area contributed by atoms with E-state index in [1.807, 2.05) is 12.4 Å². The average molecular weight is 332 g/mol. The van der Waals surface area contributed by atoms with Crippen molar-refractivity contribution in [3.05, 3.63) is 54.4 Å². The molecule has 1 saturated heterocycles. The first-order chi connectivity index (χ1) is 12.4. The van der Waals surface area contributed by atoms with Crippen LogP contribution in [0.4, 0.5) is 0 Å². The molecule has 0 aliphatic carbocycles. The normalized spacial score (nSPS) is 16.8. The summed E-state index contributed by atoms with van der Waals surface area (Å²) in [6, 6.07) is 13.2. The third kappa shape index (κ3) is 2.59. The molecule has 1 N–H and O–H groups in total. The first kappa shape index (κ1) is 14.6. The first-order valence-corrected chi connectivity index (χ1v) is 8.82. The van der Waals surface area contributed by atoms with Gasteiger partial charge in [-0.3, -0.25) is 4.90 Å². The highest BCUT2D eigenvalue weighted by Crippen LogP contribution is 2.29. The number of H-pyrrole nitrogens is 1. The van der Waals surface area contributed by atoms with Crippen LogP contribution in [0.5, 0.6) is 0 Å². The smallest absolute Gasteiger partial charge is 0.139 e. The second-order valence-electron chi connectivity index (χ2n) is 6.76. The maximum absolute atomic E-state index is 4.45. The lowest BCUT2D eigenvalue weighted by atomic mass is 10.0. The highest BCUT2D eigenvalue weighted by atomic mass is 15.4. The largest absolute Gasteiger partial charge is 0.346 e. The number of benzene rings is 1. The van der Waals surface area contributed by atoms with E-state index in [-0.39, 0.29) is 0 Å². The van der Waals surface area contributed by atoms with Crippen LogP contribution in [0.25, 0.3) is 22.1 Å². The zero-order chi connectivity index (χ0) is 16.6. The summed E-state index contributed by atoms with van der Waals surface area (Å²) in [5.74, 6) is 0. The monoisotopic (exact) mass is 332 g/mol. The molecular weight excluding hydrogens is 312 g/mol. The number of nitrogens with zero attached hydrogens (tertiary/aromatic N) is 5. The molecule has 126 valence electrons. The molecule has 0 radical (unpaired) electrons. The van der Waals surface area contributed by atoms with Crippen LogP contribution in [0.2, 0.25) is 0 Å². The van der Waals surface area contributed by atoms with Crippen molar-refractivity contribution in [2.45, 2.75) is 25.4 Å². The summed E-state index contributed by atoms with van der Waals surface area (Å²) >= 11 is 0. The van der Waals surface area contributed by atoms with Crippen molar-refractivity contribution < 1.29 is 0 Å². The molecule has 0 spiro atoms. The van der Waals surface area contributed by atoms with E-state index in [1.165, 1.54) is 5.56 Å². The van der Waals surface area contributed by atoms with Gasteiger partial charge in [0, 0.05) is 31.2 Å². The topological polar surface area (TPSA) is 62.6 Å². The van der Waals surface area contributed by atoms with Crippen molar-refractivity contribution >= 4 is 22.1 Å². The van der Waals surface area contributed by atoms with E-state index < -0.39 is 0 Å². The molecule has 0 atom stereocenters. The molecule has 1 aromatic carbocycles. The summed E-state index contributed by atoms with van der Waals surface area (Å²) in [5, 5.41) is 9.89. The van der Waals surface area contributed by atoms with Gasteiger partial charge in [0.25, 0.3) is 0 Å². The van der Waals surface area contributed by atoms with Crippen LogP contribution >= 0.6 is 0 Å². The van der Waals surface area contributed by atoms with Crippen LogP contribution in [-0.4, -0.2) is 43.0 Å². The molecule has 4 aromatic rings. The van der Waals surface area contributed by atoms with E-state index in [0.29, 0.717) is 6.04 Å². The Hall–Kier alpha value is -2.73. The van der Waals surface area contributed by atoms with E-state index in [9.17, 15) is 0 Å². The number of likely N-dealkylation sites (tertiary alicyclic amines) is 1. The second kappa shape index (κ2) is 5.97. The lowest BCUT2D eigenvalue weighted by molar-refractivity contribution is 0.174. The quantitative estimate of drug-likeness (QED) is 0.626. The summed E-state index contributed by atoms with van der Waals surface area (Å²) in [5.41, 5.74) is 4.26. The summed E-state index contributed by atoms with van der Waals surface area (Å²) in [7, 11) is 0. The van der Waals surface area contributed by atoms with Crippen molar-refractivity contribution in [3.8, 4) is 0 Å². The van der Waals surface area contributed by atoms with E-state index in [0.717, 1.165) is 54.5 Å². The Morgan fingerprint density at radius 1 is 1.08 bits per heavy atom. The molecule has 0 unspecified atom stereocenters. The number of hydrogen-bond donors (Lipinski definition) is 1. The zero-order valence-corrected chi connectivity index (χ0v) is 14.0. The molecule has 6 nitrogen and oxygen atoms in total. The SMILES string of the molecule is c1ccc(CN2CCC(n3nnc4cnc5[nH]ccc5c43)CC2)cc1. The molecule has 1 fully saturated rings. The third-order valence-corrected chi connectivity index (χ3v) is 5.17. The van der Waals surface area contributed by atoms with E-state index in [4.69, 9.17) is 0 Å². The van der Waals surface area contributed by atoms with Crippen molar-refractivity contribution in [3.63, 3.8) is 0 Å². The van der Waals surface area contributed by atoms with Crippen LogP contribution in [0.15, 0.2) is 48.8 Å². The fourth-order valence-electron chi connectivity index (χ4n) is 3.86. The number of pyridine rings is 1. The Kier molecular flexibility index (Phi) is 3.48. The van der Waals surface area contributed by atoms with Crippen LogP contribution in [0.3, 0.4) is 0 Å². The van der Waals surface area contributed by atoms with Gasteiger partial charge in [-0.1, -0.05) is 35.5 Å². The van der Waals surface area contributed by atoms with Gasteiger partial charge in [0.15, 0.2) is 0 Å². The Labute approximate surface area is 145 Å². The van der Waals surface area contributed by atoms with Crippen LogP contribution < -0.4 is 0 Å². The molecule has 25 heavy (non-hydrogen) atoms. The molecule has 1 aliphatic rings. The minimum Gasteiger partial charge on any atom is -0.346 e. The van der Waals surface area contributed by atoms with Gasteiger partial charge in [-0.25, -0.2) is 9.67 Å². The van der Waals surface area contributed by atoms with Gasteiger partial charge in [0.05, 0.1) is 12.2 Å². The fourth-order valence-corrected chi connectivity index (χ4v) is 3.86. The van der Waals surface area contributed by atoms with E-state index in [2.05, 4.69) is 66.3 Å². The maximum Gasteiger partial charge on any atom is 0.139 e. The predicted molar refractivity (Wildman–Crippen MR) is 97.2 cm³/mol. The maximum atomic E-state index is 4.45. The number of piperidine rings is 1. The van der Waals surface area contributed by atoms with Crippen molar-refractivity contribution in [1.82, 2.24) is 29.9 Å². The second-order valence-corrected chi connectivity index (χ2v) is 6.76. The Balaban J connectivity index is 1.37. The predicted octanol–water partition coefficient (Wildman–Crippen LogP) is 3.14. The summed E-state index contributed by atoms with van der Waals surface area (Å²) in [6.07, 6.45) is 5.93. The summed E-state index contributed by atoms with van der Waals surface area (Å²) in [4.78, 5) is 10.1. The van der Waals surface area contributed by atoms with Gasteiger partial charge in [0.2, 0.25) is 0 Å². The molecular formula is C19H20N6.